The molecular formula is C15H16O4S. The Bertz CT molecular complexity index is 777. The van der Waals surface area contributed by atoms with E-state index in [1.54, 1.807) is 20.8 Å². The molecule has 20 heavy (non-hydrogen) atoms. The average molecular weight is 292 g/mol. The molecule has 0 heterocycles. The largest absolute Gasteiger partial charge is 0.508 e. The maximum absolute atomic E-state index is 12.7. The molecule has 0 atom stereocenters. The van der Waals surface area contributed by atoms with Crippen molar-refractivity contribution in [3.8, 4) is 11.5 Å². The molecule has 0 radical (unpaired) electrons. The molecule has 2 aromatic carbocycles. The zero-order valence-corrected chi connectivity index (χ0v) is 12.3. The minimum atomic E-state index is -3.79. The molecule has 0 saturated heterocycles. The fraction of sp³-hybridized carbons (Fsp3) is 0.200. The van der Waals surface area contributed by atoms with E-state index in [9.17, 15) is 18.6 Å². The third-order valence-electron chi connectivity index (χ3n) is 3.31. The van der Waals surface area contributed by atoms with Crippen LogP contribution in [0.2, 0.25) is 0 Å². The summed E-state index contributed by atoms with van der Waals surface area (Å²) < 4.78 is 25.4. The van der Waals surface area contributed by atoms with Crippen LogP contribution in [0.5, 0.6) is 11.5 Å². The smallest absolute Gasteiger partial charge is 0.207 e. The fourth-order valence-electron chi connectivity index (χ4n) is 2.10. The number of aromatic hydroxyl groups is 2. The van der Waals surface area contributed by atoms with E-state index < -0.39 is 9.84 Å². The van der Waals surface area contributed by atoms with Gasteiger partial charge in [-0.05, 0) is 50.6 Å². The summed E-state index contributed by atoms with van der Waals surface area (Å²) in [5.74, 6) is -0.123. The lowest BCUT2D eigenvalue weighted by Crippen LogP contribution is -2.06. The number of sulfone groups is 1. The van der Waals surface area contributed by atoms with Gasteiger partial charge >= 0.3 is 0 Å². The topological polar surface area (TPSA) is 74.6 Å². The van der Waals surface area contributed by atoms with Crippen LogP contribution in [0.3, 0.4) is 0 Å². The van der Waals surface area contributed by atoms with Crippen molar-refractivity contribution in [2.45, 2.75) is 30.6 Å². The molecule has 0 unspecified atom stereocenters. The Morgan fingerprint density at radius 1 is 0.850 bits per heavy atom. The molecule has 0 fully saturated rings. The van der Waals surface area contributed by atoms with Crippen molar-refractivity contribution < 1.29 is 18.6 Å². The highest BCUT2D eigenvalue weighted by atomic mass is 32.2. The number of phenolic OH excluding ortho intramolecular Hbond substituents is 2. The Morgan fingerprint density at radius 3 is 2.10 bits per heavy atom. The first-order chi connectivity index (χ1) is 9.25. The van der Waals surface area contributed by atoms with Crippen LogP contribution in [0.25, 0.3) is 0 Å². The minimum Gasteiger partial charge on any atom is -0.508 e. The van der Waals surface area contributed by atoms with Crippen LogP contribution in [0, 0.1) is 20.8 Å². The summed E-state index contributed by atoms with van der Waals surface area (Å²) in [5.41, 5.74) is 1.26. The summed E-state index contributed by atoms with van der Waals surface area (Å²) in [6.45, 7) is 4.82. The van der Waals surface area contributed by atoms with Crippen LogP contribution >= 0.6 is 0 Å². The predicted octanol–water partition coefficient (Wildman–Crippen LogP) is 2.86. The summed E-state index contributed by atoms with van der Waals surface area (Å²) >= 11 is 0. The average Bonchev–Trinajstić information content (AvgIpc) is 2.36. The van der Waals surface area contributed by atoms with E-state index in [1.807, 2.05) is 0 Å². The summed E-state index contributed by atoms with van der Waals surface area (Å²) in [6.07, 6.45) is 0. The van der Waals surface area contributed by atoms with E-state index >= 15 is 0 Å². The SMILES string of the molecule is Cc1cc(O)c(C)c(S(=O)(=O)c2cccc(O)c2C)c1. The maximum atomic E-state index is 12.7. The van der Waals surface area contributed by atoms with Gasteiger partial charge in [-0.2, -0.15) is 0 Å². The van der Waals surface area contributed by atoms with Gasteiger partial charge in [0.1, 0.15) is 11.5 Å². The molecule has 4 nitrogen and oxygen atoms in total. The lowest BCUT2D eigenvalue weighted by atomic mass is 10.1. The van der Waals surface area contributed by atoms with Crippen molar-refractivity contribution in [3.05, 3.63) is 47.0 Å². The molecule has 0 aliphatic heterocycles. The number of hydrogen-bond acceptors (Lipinski definition) is 4. The van der Waals surface area contributed by atoms with Gasteiger partial charge < -0.3 is 10.2 Å². The van der Waals surface area contributed by atoms with Crippen molar-refractivity contribution in [2.24, 2.45) is 0 Å². The normalized spacial score (nSPS) is 11.6. The summed E-state index contributed by atoms with van der Waals surface area (Å²) in [7, 11) is -3.79. The first kappa shape index (κ1) is 14.4. The lowest BCUT2D eigenvalue weighted by molar-refractivity contribution is 0.467. The molecule has 0 amide bonds. The van der Waals surface area contributed by atoms with Crippen molar-refractivity contribution in [3.63, 3.8) is 0 Å². The van der Waals surface area contributed by atoms with E-state index in [-0.39, 0.29) is 21.3 Å². The van der Waals surface area contributed by atoms with Crippen LogP contribution in [0.15, 0.2) is 40.1 Å². The fourth-order valence-corrected chi connectivity index (χ4v) is 3.95. The van der Waals surface area contributed by atoms with Gasteiger partial charge in [0.25, 0.3) is 0 Å². The zero-order valence-electron chi connectivity index (χ0n) is 11.5. The highest BCUT2D eigenvalue weighted by molar-refractivity contribution is 7.91. The number of hydrogen-bond donors (Lipinski definition) is 2. The molecule has 2 N–H and O–H groups in total. The third kappa shape index (κ3) is 2.25. The molecule has 0 bridgehead atoms. The Labute approximate surface area is 118 Å². The molecule has 2 rings (SSSR count). The Balaban J connectivity index is 2.77. The summed E-state index contributed by atoms with van der Waals surface area (Å²) in [6, 6.07) is 7.41. The second kappa shape index (κ2) is 4.83. The van der Waals surface area contributed by atoms with Gasteiger partial charge in [-0.3, -0.25) is 0 Å². The predicted molar refractivity (Wildman–Crippen MR) is 75.9 cm³/mol. The second-order valence-corrected chi connectivity index (χ2v) is 6.70. The van der Waals surface area contributed by atoms with E-state index in [0.717, 1.165) is 0 Å². The highest BCUT2D eigenvalue weighted by Gasteiger charge is 2.24. The van der Waals surface area contributed by atoms with E-state index in [4.69, 9.17) is 0 Å². The minimum absolute atomic E-state index is 0.0469. The van der Waals surface area contributed by atoms with Gasteiger partial charge in [0.15, 0.2) is 0 Å². The molecule has 0 aromatic heterocycles. The van der Waals surface area contributed by atoms with Crippen LogP contribution in [0.1, 0.15) is 16.7 Å². The van der Waals surface area contributed by atoms with Crippen molar-refractivity contribution >= 4 is 9.84 Å². The summed E-state index contributed by atoms with van der Waals surface area (Å²) in [5, 5.41) is 19.5. The second-order valence-electron chi connectivity index (χ2n) is 4.81. The van der Waals surface area contributed by atoms with Gasteiger partial charge in [0.2, 0.25) is 9.84 Å². The Morgan fingerprint density at radius 2 is 1.45 bits per heavy atom. The van der Waals surface area contributed by atoms with E-state index in [0.29, 0.717) is 16.7 Å². The van der Waals surface area contributed by atoms with E-state index in [1.165, 1.54) is 30.3 Å². The highest BCUT2D eigenvalue weighted by Crippen LogP contribution is 2.33. The third-order valence-corrected chi connectivity index (χ3v) is 5.34. The van der Waals surface area contributed by atoms with Gasteiger partial charge in [0, 0.05) is 11.1 Å². The molecule has 0 aliphatic rings. The maximum Gasteiger partial charge on any atom is 0.207 e. The number of phenols is 2. The van der Waals surface area contributed by atoms with Crippen molar-refractivity contribution in [2.75, 3.05) is 0 Å². The van der Waals surface area contributed by atoms with E-state index in [2.05, 4.69) is 0 Å². The van der Waals surface area contributed by atoms with Crippen molar-refractivity contribution in [1.29, 1.82) is 0 Å². The summed E-state index contributed by atoms with van der Waals surface area (Å²) in [4.78, 5) is 0.106. The zero-order chi connectivity index (χ0) is 15.1. The van der Waals surface area contributed by atoms with Crippen LogP contribution < -0.4 is 0 Å². The number of aryl methyl sites for hydroxylation is 1. The van der Waals surface area contributed by atoms with Gasteiger partial charge in [-0.25, -0.2) is 8.42 Å². The first-order valence-corrected chi connectivity index (χ1v) is 7.57. The standard InChI is InChI=1S/C15H16O4S/c1-9-7-13(17)11(3)15(8-9)20(18,19)14-6-4-5-12(16)10(14)2/h4-8,16-17H,1-3H3. The Hall–Kier alpha value is -2.01. The molecule has 0 spiro atoms. The van der Waals surface area contributed by atoms with Gasteiger partial charge in [-0.1, -0.05) is 6.07 Å². The number of benzene rings is 2. The van der Waals surface area contributed by atoms with Crippen LogP contribution in [-0.2, 0) is 9.84 Å². The van der Waals surface area contributed by atoms with Crippen LogP contribution in [0.4, 0.5) is 0 Å². The molecule has 0 aliphatic carbocycles. The molecule has 2 aromatic rings. The van der Waals surface area contributed by atoms with Gasteiger partial charge in [-0.15, -0.1) is 0 Å². The van der Waals surface area contributed by atoms with Crippen LogP contribution in [-0.4, -0.2) is 18.6 Å². The lowest BCUT2D eigenvalue weighted by Gasteiger charge is -2.13. The quantitative estimate of drug-likeness (QED) is 0.892. The first-order valence-electron chi connectivity index (χ1n) is 6.09. The van der Waals surface area contributed by atoms with Gasteiger partial charge in [0.05, 0.1) is 9.79 Å². The Kier molecular flexibility index (Phi) is 3.48. The molecule has 5 heteroatoms. The number of rotatable bonds is 2. The molecule has 0 saturated carbocycles. The monoisotopic (exact) mass is 292 g/mol. The molecular weight excluding hydrogens is 276 g/mol. The molecule has 106 valence electrons. The van der Waals surface area contributed by atoms with Crippen molar-refractivity contribution in [1.82, 2.24) is 0 Å².